The largest absolute Gasteiger partial charge is 0.338 e. The minimum Gasteiger partial charge on any atom is -0.338 e. The summed E-state index contributed by atoms with van der Waals surface area (Å²) >= 11 is 5.31. The zero-order chi connectivity index (χ0) is 13.8. The third-order valence-corrected chi connectivity index (χ3v) is 3.77. The van der Waals surface area contributed by atoms with Crippen molar-refractivity contribution >= 4 is 23.2 Å². The van der Waals surface area contributed by atoms with Gasteiger partial charge in [-0.15, -0.1) is 0 Å². The number of nitrogens with zero attached hydrogens (tertiary/aromatic N) is 1. The van der Waals surface area contributed by atoms with Gasteiger partial charge in [0.05, 0.1) is 33.2 Å². The molecule has 0 radical (unpaired) electrons. The van der Waals surface area contributed by atoms with Gasteiger partial charge in [0.15, 0.2) is 5.11 Å². The molecule has 5 heteroatoms. The Morgan fingerprint density at radius 1 is 1.37 bits per heavy atom. The summed E-state index contributed by atoms with van der Waals surface area (Å²) in [5, 5.41) is 3.36. The van der Waals surface area contributed by atoms with Gasteiger partial charge in [-0.3, -0.25) is 10.1 Å². The van der Waals surface area contributed by atoms with Gasteiger partial charge in [0.1, 0.15) is 0 Å². The van der Waals surface area contributed by atoms with Gasteiger partial charge in [0, 0.05) is 5.56 Å². The number of hydrogen-bond donors (Lipinski definition) is 2. The number of rotatable bonds is 1. The number of piperazine rings is 1. The molecule has 1 aromatic rings. The first-order valence-electron chi connectivity index (χ1n) is 6.54. The van der Waals surface area contributed by atoms with Crippen LogP contribution in [0.1, 0.15) is 15.9 Å². The van der Waals surface area contributed by atoms with Crippen LogP contribution in [0.2, 0.25) is 0 Å². The SMILES string of the molecule is Cc1cccc(C(=O)NC(=S)N2CC[NH+](C)CC2)c1. The molecule has 4 nitrogen and oxygen atoms in total. The molecule has 0 spiro atoms. The number of carbonyl (C=O) groups excluding carboxylic acids is 1. The molecular formula is C14H20N3OS+. The highest BCUT2D eigenvalue weighted by Gasteiger charge is 2.20. The third-order valence-electron chi connectivity index (χ3n) is 3.40. The first-order valence-corrected chi connectivity index (χ1v) is 6.95. The van der Waals surface area contributed by atoms with Gasteiger partial charge >= 0.3 is 0 Å². The third kappa shape index (κ3) is 3.75. The number of aryl methyl sites for hydroxylation is 1. The van der Waals surface area contributed by atoms with Crippen LogP contribution in [0.15, 0.2) is 24.3 Å². The van der Waals surface area contributed by atoms with Crippen LogP contribution < -0.4 is 10.2 Å². The van der Waals surface area contributed by atoms with Gasteiger partial charge in [-0.2, -0.15) is 0 Å². The first kappa shape index (κ1) is 14.0. The van der Waals surface area contributed by atoms with Crippen LogP contribution in [0.5, 0.6) is 0 Å². The Balaban J connectivity index is 1.93. The van der Waals surface area contributed by atoms with Gasteiger partial charge in [-0.05, 0) is 31.3 Å². The van der Waals surface area contributed by atoms with Crippen molar-refractivity contribution in [2.75, 3.05) is 33.2 Å². The van der Waals surface area contributed by atoms with Crippen molar-refractivity contribution in [3.63, 3.8) is 0 Å². The number of amides is 1. The molecule has 0 atom stereocenters. The van der Waals surface area contributed by atoms with Crippen LogP contribution in [-0.2, 0) is 0 Å². The summed E-state index contributed by atoms with van der Waals surface area (Å²) in [5.74, 6) is -0.125. The van der Waals surface area contributed by atoms with Gasteiger partial charge in [0.2, 0.25) is 0 Å². The minimum absolute atomic E-state index is 0.125. The van der Waals surface area contributed by atoms with Crippen molar-refractivity contribution in [2.24, 2.45) is 0 Å². The summed E-state index contributed by atoms with van der Waals surface area (Å²) in [6, 6.07) is 7.52. The van der Waals surface area contributed by atoms with Gasteiger partial charge in [0.25, 0.3) is 5.91 Å². The fraction of sp³-hybridized carbons (Fsp3) is 0.429. The maximum atomic E-state index is 12.1. The van der Waals surface area contributed by atoms with E-state index in [9.17, 15) is 4.79 Å². The van der Waals surface area contributed by atoms with Crippen molar-refractivity contribution in [3.8, 4) is 0 Å². The van der Waals surface area contributed by atoms with E-state index in [2.05, 4.69) is 17.3 Å². The molecule has 2 rings (SSSR count). The fourth-order valence-corrected chi connectivity index (χ4v) is 2.40. The molecular weight excluding hydrogens is 258 g/mol. The van der Waals surface area contributed by atoms with E-state index >= 15 is 0 Å². The van der Waals surface area contributed by atoms with Crippen molar-refractivity contribution in [1.29, 1.82) is 0 Å². The molecule has 0 unspecified atom stereocenters. The Kier molecular flexibility index (Phi) is 4.50. The van der Waals surface area contributed by atoms with Gasteiger partial charge in [-0.1, -0.05) is 17.7 Å². The van der Waals surface area contributed by atoms with Crippen LogP contribution in [0.3, 0.4) is 0 Å². The Hall–Kier alpha value is -1.46. The molecule has 0 aromatic heterocycles. The summed E-state index contributed by atoms with van der Waals surface area (Å²) in [6.07, 6.45) is 0. The van der Waals surface area contributed by atoms with E-state index in [1.807, 2.05) is 25.1 Å². The molecule has 19 heavy (non-hydrogen) atoms. The summed E-state index contributed by atoms with van der Waals surface area (Å²) < 4.78 is 0. The lowest BCUT2D eigenvalue weighted by Crippen LogP contribution is -3.12. The molecule has 2 N–H and O–H groups in total. The predicted molar refractivity (Wildman–Crippen MR) is 79.4 cm³/mol. The normalized spacial score (nSPS) is 16.2. The predicted octanol–water partition coefficient (Wildman–Crippen LogP) is -0.160. The second kappa shape index (κ2) is 6.12. The van der Waals surface area contributed by atoms with Gasteiger partial charge < -0.3 is 9.80 Å². The average molecular weight is 278 g/mol. The van der Waals surface area contributed by atoms with Crippen LogP contribution in [-0.4, -0.2) is 49.1 Å². The molecule has 1 aliphatic heterocycles. The lowest BCUT2D eigenvalue weighted by molar-refractivity contribution is -0.883. The van der Waals surface area contributed by atoms with E-state index in [1.165, 1.54) is 4.90 Å². The number of benzene rings is 1. The van der Waals surface area contributed by atoms with E-state index < -0.39 is 0 Å². The number of thiocarbonyl (C=S) groups is 1. The zero-order valence-electron chi connectivity index (χ0n) is 11.4. The van der Waals surface area contributed by atoms with Crippen LogP contribution in [0.25, 0.3) is 0 Å². The highest BCUT2D eigenvalue weighted by Crippen LogP contribution is 2.04. The number of carbonyl (C=O) groups is 1. The standard InChI is InChI=1S/C14H19N3OS/c1-11-4-3-5-12(10-11)13(18)15-14(19)17-8-6-16(2)7-9-17/h3-5,10H,6-9H2,1-2H3,(H,15,18,19)/p+1. The summed E-state index contributed by atoms with van der Waals surface area (Å²) in [7, 11) is 2.17. The van der Waals surface area contributed by atoms with E-state index in [-0.39, 0.29) is 5.91 Å². The highest BCUT2D eigenvalue weighted by atomic mass is 32.1. The Labute approximate surface area is 119 Å². The fourth-order valence-electron chi connectivity index (χ4n) is 2.13. The van der Waals surface area contributed by atoms with Crippen molar-refractivity contribution in [2.45, 2.75) is 6.92 Å². The summed E-state index contributed by atoms with van der Waals surface area (Å²) in [4.78, 5) is 15.7. The first-order chi connectivity index (χ1) is 9.06. The molecule has 0 aliphatic carbocycles. The maximum Gasteiger partial charge on any atom is 0.257 e. The van der Waals surface area contributed by atoms with E-state index in [4.69, 9.17) is 12.2 Å². The number of hydrogen-bond acceptors (Lipinski definition) is 2. The molecule has 1 aromatic carbocycles. The van der Waals surface area contributed by atoms with E-state index in [0.717, 1.165) is 31.7 Å². The van der Waals surface area contributed by atoms with Crippen molar-refractivity contribution in [1.82, 2.24) is 10.2 Å². The van der Waals surface area contributed by atoms with Gasteiger partial charge in [-0.25, -0.2) is 0 Å². The second-order valence-corrected chi connectivity index (χ2v) is 5.46. The molecule has 0 bridgehead atoms. The number of nitrogens with one attached hydrogen (secondary N) is 2. The quantitative estimate of drug-likeness (QED) is 0.701. The Morgan fingerprint density at radius 3 is 2.68 bits per heavy atom. The number of quaternary nitrogens is 1. The molecule has 1 saturated heterocycles. The molecule has 102 valence electrons. The number of likely N-dealkylation sites (N-methyl/N-ethyl adjacent to an activating group) is 1. The molecule has 1 heterocycles. The molecule has 1 aliphatic rings. The molecule has 1 fully saturated rings. The zero-order valence-corrected chi connectivity index (χ0v) is 12.2. The maximum absolute atomic E-state index is 12.1. The second-order valence-electron chi connectivity index (χ2n) is 5.07. The van der Waals surface area contributed by atoms with E-state index in [0.29, 0.717) is 10.7 Å². The topological polar surface area (TPSA) is 36.8 Å². The van der Waals surface area contributed by atoms with Crippen molar-refractivity contribution < 1.29 is 9.69 Å². The van der Waals surface area contributed by atoms with E-state index in [1.54, 1.807) is 6.07 Å². The Bertz CT molecular complexity index is 481. The van der Waals surface area contributed by atoms with Crippen LogP contribution in [0.4, 0.5) is 0 Å². The lowest BCUT2D eigenvalue weighted by Gasteiger charge is -2.31. The highest BCUT2D eigenvalue weighted by molar-refractivity contribution is 7.80. The minimum atomic E-state index is -0.125. The monoisotopic (exact) mass is 278 g/mol. The summed E-state index contributed by atoms with van der Waals surface area (Å²) in [6.45, 7) is 5.89. The smallest absolute Gasteiger partial charge is 0.257 e. The average Bonchev–Trinajstić information content (AvgIpc) is 2.39. The van der Waals surface area contributed by atoms with Crippen LogP contribution in [0, 0.1) is 6.92 Å². The lowest BCUT2D eigenvalue weighted by atomic mass is 10.1. The summed E-state index contributed by atoms with van der Waals surface area (Å²) in [5.41, 5.74) is 1.73. The molecule has 0 saturated carbocycles. The van der Waals surface area contributed by atoms with Crippen molar-refractivity contribution in [3.05, 3.63) is 35.4 Å². The molecule has 1 amide bonds. The Morgan fingerprint density at radius 2 is 2.05 bits per heavy atom. The van der Waals surface area contributed by atoms with Crippen LogP contribution >= 0.6 is 12.2 Å².